The van der Waals surface area contributed by atoms with E-state index >= 15 is 0 Å². The fourth-order valence-corrected chi connectivity index (χ4v) is 1.85. The molecular formula is C14H18N4O. The van der Waals surface area contributed by atoms with Gasteiger partial charge in [0.15, 0.2) is 5.78 Å². The van der Waals surface area contributed by atoms with E-state index in [0.717, 1.165) is 12.1 Å². The molecule has 0 saturated carbocycles. The first-order valence-corrected chi connectivity index (χ1v) is 6.41. The van der Waals surface area contributed by atoms with Crippen molar-refractivity contribution >= 4 is 5.78 Å². The minimum atomic E-state index is -0.522. The van der Waals surface area contributed by atoms with E-state index in [4.69, 9.17) is 5.73 Å². The Morgan fingerprint density at radius 2 is 2.05 bits per heavy atom. The van der Waals surface area contributed by atoms with Crippen LogP contribution in [-0.4, -0.2) is 26.8 Å². The lowest BCUT2D eigenvalue weighted by Crippen LogP contribution is -2.37. The van der Waals surface area contributed by atoms with Crippen LogP contribution >= 0.6 is 0 Å². The molecular weight excluding hydrogens is 240 g/mol. The number of nitrogens with two attached hydrogens (primary N) is 1. The molecule has 0 saturated heterocycles. The summed E-state index contributed by atoms with van der Waals surface area (Å²) in [6.45, 7) is 3.99. The molecule has 2 rings (SSSR count). The summed E-state index contributed by atoms with van der Waals surface area (Å²) < 4.78 is 1.53. The highest BCUT2D eigenvalue weighted by atomic mass is 16.1. The van der Waals surface area contributed by atoms with Crippen LogP contribution in [0.3, 0.4) is 0 Å². The molecule has 2 aromatic rings. The lowest BCUT2D eigenvalue weighted by Gasteiger charge is -2.17. The molecule has 100 valence electrons. The van der Waals surface area contributed by atoms with E-state index in [2.05, 4.69) is 10.3 Å². The van der Waals surface area contributed by atoms with Crippen LogP contribution in [0.1, 0.15) is 30.8 Å². The topological polar surface area (TPSA) is 73.8 Å². The highest BCUT2D eigenvalue weighted by molar-refractivity contribution is 5.98. The summed E-state index contributed by atoms with van der Waals surface area (Å²) >= 11 is 0. The zero-order chi connectivity index (χ0) is 13.8. The summed E-state index contributed by atoms with van der Waals surface area (Å²) in [4.78, 5) is 12.4. The number of ketones is 1. The van der Waals surface area contributed by atoms with Gasteiger partial charge in [-0.25, -0.2) is 4.68 Å². The van der Waals surface area contributed by atoms with Crippen molar-refractivity contribution in [2.75, 3.05) is 0 Å². The van der Waals surface area contributed by atoms with Gasteiger partial charge in [0.1, 0.15) is 5.69 Å². The van der Waals surface area contributed by atoms with E-state index in [9.17, 15) is 4.79 Å². The Balaban J connectivity index is 2.33. The summed E-state index contributed by atoms with van der Waals surface area (Å²) in [7, 11) is 0. The number of para-hydroxylation sites is 1. The third kappa shape index (κ3) is 2.71. The molecule has 0 aliphatic heterocycles. The fourth-order valence-electron chi connectivity index (χ4n) is 1.85. The Morgan fingerprint density at radius 1 is 1.37 bits per heavy atom. The van der Waals surface area contributed by atoms with Crippen molar-refractivity contribution in [1.29, 1.82) is 0 Å². The summed E-state index contributed by atoms with van der Waals surface area (Å²) in [5.74, 6) is 0.00910. The molecule has 0 radical (unpaired) electrons. The van der Waals surface area contributed by atoms with Crippen LogP contribution in [0.4, 0.5) is 0 Å². The van der Waals surface area contributed by atoms with Crippen LogP contribution in [-0.2, 0) is 0 Å². The Labute approximate surface area is 112 Å². The Kier molecular flexibility index (Phi) is 4.06. The predicted molar refractivity (Wildman–Crippen MR) is 73.1 cm³/mol. The van der Waals surface area contributed by atoms with Crippen LogP contribution in [0, 0.1) is 5.92 Å². The highest BCUT2D eigenvalue weighted by Gasteiger charge is 2.24. The lowest BCUT2D eigenvalue weighted by atomic mass is 9.95. The first-order chi connectivity index (χ1) is 9.15. The van der Waals surface area contributed by atoms with Crippen molar-refractivity contribution in [2.45, 2.75) is 26.3 Å². The number of hydrogen-bond acceptors (Lipinski definition) is 4. The quantitative estimate of drug-likeness (QED) is 0.830. The van der Waals surface area contributed by atoms with Gasteiger partial charge < -0.3 is 5.73 Å². The largest absolute Gasteiger partial charge is 0.321 e. The Bertz CT molecular complexity index is 550. The van der Waals surface area contributed by atoms with E-state index in [-0.39, 0.29) is 11.7 Å². The fraction of sp³-hybridized carbons (Fsp3) is 0.357. The van der Waals surface area contributed by atoms with Crippen LogP contribution in [0.2, 0.25) is 0 Å². The molecule has 1 heterocycles. The minimum absolute atomic E-state index is 0.122. The van der Waals surface area contributed by atoms with Gasteiger partial charge in [-0.15, -0.1) is 5.10 Å². The zero-order valence-electron chi connectivity index (χ0n) is 11.2. The highest BCUT2D eigenvalue weighted by Crippen LogP contribution is 2.14. The van der Waals surface area contributed by atoms with E-state index in [1.54, 1.807) is 0 Å². The predicted octanol–water partition coefficient (Wildman–Crippen LogP) is 1.82. The number of hydrogen-bond donors (Lipinski definition) is 1. The van der Waals surface area contributed by atoms with Gasteiger partial charge in [0.2, 0.25) is 0 Å². The normalized spacial score (nSPS) is 14.1. The van der Waals surface area contributed by atoms with Gasteiger partial charge in [-0.2, -0.15) is 0 Å². The summed E-state index contributed by atoms with van der Waals surface area (Å²) in [6, 6.07) is 8.92. The number of aromatic nitrogens is 3. The van der Waals surface area contributed by atoms with Crippen molar-refractivity contribution in [3.8, 4) is 5.69 Å². The molecule has 0 aliphatic rings. The van der Waals surface area contributed by atoms with Crippen molar-refractivity contribution in [3.63, 3.8) is 0 Å². The molecule has 5 nitrogen and oxygen atoms in total. The molecule has 1 aromatic carbocycles. The molecule has 19 heavy (non-hydrogen) atoms. The molecule has 0 fully saturated rings. The van der Waals surface area contributed by atoms with Gasteiger partial charge in [0.05, 0.1) is 17.9 Å². The monoisotopic (exact) mass is 258 g/mol. The van der Waals surface area contributed by atoms with E-state index in [0.29, 0.717) is 5.69 Å². The van der Waals surface area contributed by atoms with E-state index < -0.39 is 6.04 Å². The maximum atomic E-state index is 12.4. The average molecular weight is 258 g/mol. The number of carbonyl (C=O) groups excluding carboxylic acids is 1. The van der Waals surface area contributed by atoms with Crippen LogP contribution in [0.5, 0.6) is 0 Å². The Hall–Kier alpha value is -2.01. The maximum absolute atomic E-state index is 12.4. The number of nitrogens with zero attached hydrogens (tertiary/aromatic N) is 3. The second kappa shape index (κ2) is 5.75. The number of Topliss-reactive ketones (excluding diaryl/α,β-unsaturated/α-hetero) is 1. The molecule has 0 bridgehead atoms. The van der Waals surface area contributed by atoms with Gasteiger partial charge in [0, 0.05) is 0 Å². The smallest absolute Gasteiger partial charge is 0.199 e. The lowest BCUT2D eigenvalue weighted by molar-refractivity contribution is 0.0927. The number of carbonyl (C=O) groups is 1. The molecule has 2 unspecified atom stereocenters. The van der Waals surface area contributed by atoms with Gasteiger partial charge in [-0.05, 0) is 18.1 Å². The van der Waals surface area contributed by atoms with Crippen LogP contribution in [0.15, 0.2) is 36.5 Å². The van der Waals surface area contributed by atoms with Gasteiger partial charge in [0.25, 0.3) is 0 Å². The average Bonchev–Trinajstić information content (AvgIpc) is 2.95. The zero-order valence-corrected chi connectivity index (χ0v) is 11.2. The summed E-state index contributed by atoms with van der Waals surface area (Å²) in [6.07, 6.45) is 2.33. The van der Waals surface area contributed by atoms with Gasteiger partial charge >= 0.3 is 0 Å². The third-order valence-corrected chi connectivity index (χ3v) is 3.36. The molecule has 1 aromatic heterocycles. The third-order valence-electron chi connectivity index (χ3n) is 3.36. The first kappa shape index (κ1) is 13.4. The maximum Gasteiger partial charge on any atom is 0.199 e. The second-order valence-electron chi connectivity index (χ2n) is 4.64. The minimum Gasteiger partial charge on any atom is -0.321 e. The number of benzene rings is 1. The van der Waals surface area contributed by atoms with Gasteiger partial charge in [-0.1, -0.05) is 43.7 Å². The standard InChI is InChI=1S/C14H18N4O/c1-3-10(2)13(15)14(19)12-9-16-17-18(12)11-7-5-4-6-8-11/h4-10,13H,3,15H2,1-2H3. The van der Waals surface area contributed by atoms with Crippen molar-refractivity contribution in [3.05, 3.63) is 42.2 Å². The van der Waals surface area contributed by atoms with Gasteiger partial charge in [-0.3, -0.25) is 4.79 Å². The van der Waals surface area contributed by atoms with Crippen LogP contribution in [0.25, 0.3) is 5.69 Å². The van der Waals surface area contributed by atoms with Crippen molar-refractivity contribution < 1.29 is 4.79 Å². The second-order valence-corrected chi connectivity index (χ2v) is 4.64. The molecule has 2 atom stereocenters. The van der Waals surface area contributed by atoms with E-state index in [1.807, 2.05) is 44.2 Å². The summed E-state index contributed by atoms with van der Waals surface area (Å²) in [5.41, 5.74) is 7.23. The van der Waals surface area contributed by atoms with Crippen molar-refractivity contribution in [2.24, 2.45) is 11.7 Å². The first-order valence-electron chi connectivity index (χ1n) is 6.41. The van der Waals surface area contributed by atoms with Crippen LogP contribution < -0.4 is 5.73 Å². The molecule has 0 spiro atoms. The molecule has 0 amide bonds. The molecule has 0 aliphatic carbocycles. The Morgan fingerprint density at radius 3 is 2.68 bits per heavy atom. The molecule has 2 N–H and O–H groups in total. The SMILES string of the molecule is CCC(C)C(N)C(=O)c1cnnn1-c1ccccc1. The van der Waals surface area contributed by atoms with E-state index in [1.165, 1.54) is 10.9 Å². The molecule has 5 heteroatoms. The summed E-state index contributed by atoms with van der Waals surface area (Å²) in [5, 5.41) is 7.79. The number of rotatable bonds is 5. The van der Waals surface area contributed by atoms with Crippen molar-refractivity contribution in [1.82, 2.24) is 15.0 Å².